The van der Waals surface area contributed by atoms with Gasteiger partial charge in [0.25, 0.3) is 0 Å². The van der Waals surface area contributed by atoms with Crippen molar-refractivity contribution >= 4 is 12.0 Å². The molecule has 0 N–H and O–H groups in total. The summed E-state index contributed by atoms with van der Waals surface area (Å²) in [6.45, 7) is 18.7. The van der Waals surface area contributed by atoms with Crippen molar-refractivity contribution in [1.82, 2.24) is 14.7 Å². The van der Waals surface area contributed by atoms with Gasteiger partial charge >= 0.3 is 6.09 Å². The summed E-state index contributed by atoms with van der Waals surface area (Å²) in [5.74, 6) is 1.41. The first-order valence-corrected chi connectivity index (χ1v) is 15.6. The second-order valence-electron chi connectivity index (χ2n) is 13.9. The summed E-state index contributed by atoms with van der Waals surface area (Å²) in [6.07, 6.45) is 1.95. The van der Waals surface area contributed by atoms with E-state index in [2.05, 4.69) is 85.2 Å². The first-order chi connectivity index (χ1) is 19.9. The van der Waals surface area contributed by atoms with Gasteiger partial charge in [-0.05, 0) is 75.1 Å². The Bertz CT molecular complexity index is 1160. The summed E-state index contributed by atoms with van der Waals surface area (Å²) in [5.41, 5.74) is 1.91. The number of piperazine rings is 1. The van der Waals surface area contributed by atoms with Gasteiger partial charge in [0.1, 0.15) is 11.4 Å². The van der Waals surface area contributed by atoms with Gasteiger partial charge in [0.05, 0.1) is 12.6 Å². The standard InChI is InChI=1S/C35H51N3O4/c1-8-41-29-16-14-28(15-17-29)32(27-12-10-9-11-13-27)37-22-23-38(30(25-37)34(2,3)4)31(39)24-26-18-20-36(21-19-26)33(40)42-35(5,6)7/h9-17,26,30,32H,8,18-25H2,1-7H3/t30-,32?/m1/s1. The number of hydrogen-bond donors (Lipinski definition) is 0. The molecule has 7 nitrogen and oxygen atoms in total. The molecule has 4 rings (SSSR count). The van der Waals surface area contributed by atoms with E-state index in [0.717, 1.165) is 31.7 Å². The van der Waals surface area contributed by atoms with E-state index in [1.54, 1.807) is 4.90 Å². The van der Waals surface area contributed by atoms with Gasteiger partial charge in [0.2, 0.25) is 5.91 Å². The van der Waals surface area contributed by atoms with Crippen molar-refractivity contribution in [3.05, 3.63) is 65.7 Å². The van der Waals surface area contributed by atoms with Crippen LogP contribution in [0.15, 0.2) is 54.6 Å². The maximum atomic E-state index is 13.8. The van der Waals surface area contributed by atoms with Crippen LogP contribution < -0.4 is 4.74 Å². The number of likely N-dealkylation sites (tertiary alicyclic amines) is 1. The van der Waals surface area contributed by atoms with Gasteiger partial charge in [0.15, 0.2) is 0 Å². The monoisotopic (exact) mass is 577 g/mol. The molecule has 0 bridgehead atoms. The third-order valence-electron chi connectivity index (χ3n) is 8.45. The summed E-state index contributed by atoms with van der Waals surface area (Å²) in [7, 11) is 0. The fraction of sp³-hybridized carbons (Fsp3) is 0.600. The van der Waals surface area contributed by atoms with Crippen LogP contribution in [0.1, 0.15) is 84.9 Å². The molecule has 0 saturated carbocycles. The van der Waals surface area contributed by atoms with Crippen molar-refractivity contribution in [3.63, 3.8) is 0 Å². The highest BCUT2D eigenvalue weighted by atomic mass is 16.6. The molecule has 0 radical (unpaired) electrons. The Hall–Kier alpha value is -3.06. The fourth-order valence-corrected chi connectivity index (χ4v) is 6.25. The van der Waals surface area contributed by atoms with Crippen LogP contribution in [-0.2, 0) is 9.53 Å². The van der Waals surface area contributed by atoms with Crippen LogP contribution in [0.3, 0.4) is 0 Å². The zero-order chi connectivity index (χ0) is 30.5. The molecule has 2 heterocycles. The molecule has 7 heteroatoms. The van der Waals surface area contributed by atoms with Crippen LogP contribution in [0.5, 0.6) is 5.75 Å². The first-order valence-electron chi connectivity index (χ1n) is 15.6. The van der Waals surface area contributed by atoms with Crippen molar-refractivity contribution in [2.24, 2.45) is 11.3 Å². The van der Waals surface area contributed by atoms with Gasteiger partial charge in [-0.2, -0.15) is 0 Å². The van der Waals surface area contributed by atoms with E-state index in [0.29, 0.717) is 32.7 Å². The Morgan fingerprint density at radius 2 is 1.48 bits per heavy atom. The molecule has 2 atom stereocenters. The first kappa shape index (κ1) is 31.9. The van der Waals surface area contributed by atoms with E-state index in [1.165, 1.54) is 11.1 Å². The van der Waals surface area contributed by atoms with Crippen molar-refractivity contribution in [2.75, 3.05) is 39.3 Å². The van der Waals surface area contributed by atoms with Crippen molar-refractivity contribution in [1.29, 1.82) is 0 Å². The van der Waals surface area contributed by atoms with E-state index in [1.807, 2.05) is 27.7 Å². The smallest absolute Gasteiger partial charge is 0.410 e. The van der Waals surface area contributed by atoms with E-state index in [9.17, 15) is 9.59 Å². The highest BCUT2D eigenvalue weighted by Gasteiger charge is 2.41. The molecule has 42 heavy (non-hydrogen) atoms. The van der Waals surface area contributed by atoms with Gasteiger partial charge in [-0.15, -0.1) is 0 Å². The zero-order valence-electron chi connectivity index (χ0n) is 26.8. The van der Waals surface area contributed by atoms with Gasteiger partial charge in [-0.25, -0.2) is 4.79 Å². The predicted molar refractivity (Wildman–Crippen MR) is 168 cm³/mol. The molecule has 2 fully saturated rings. The Morgan fingerprint density at radius 1 is 0.857 bits per heavy atom. The number of carbonyl (C=O) groups excluding carboxylic acids is 2. The molecule has 2 amide bonds. The molecule has 2 saturated heterocycles. The van der Waals surface area contributed by atoms with Crippen LogP contribution >= 0.6 is 0 Å². The number of nitrogens with zero attached hydrogens (tertiary/aromatic N) is 3. The number of rotatable bonds is 7. The lowest BCUT2D eigenvalue weighted by Gasteiger charge is -2.50. The Kier molecular flexibility index (Phi) is 10.2. The molecule has 2 aliphatic heterocycles. The number of carbonyl (C=O) groups is 2. The maximum Gasteiger partial charge on any atom is 0.410 e. The van der Waals surface area contributed by atoms with Crippen LogP contribution in [0, 0.1) is 11.3 Å². The summed E-state index contributed by atoms with van der Waals surface area (Å²) in [6, 6.07) is 19.3. The van der Waals surface area contributed by atoms with Crippen LogP contribution in [0.4, 0.5) is 4.79 Å². The fourth-order valence-electron chi connectivity index (χ4n) is 6.25. The molecule has 2 aliphatic rings. The molecule has 0 spiro atoms. The summed E-state index contributed by atoms with van der Waals surface area (Å²) >= 11 is 0. The second-order valence-corrected chi connectivity index (χ2v) is 13.9. The molecule has 2 aromatic rings. The van der Waals surface area contributed by atoms with Gasteiger partial charge in [0, 0.05) is 45.2 Å². The third kappa shape index (κ3) is 8.27. The average Bonchev–Trinajstić information content (AvgIpc) is 2.94. The average molecular weight is 578 g/mol. The topological polar surface area (TPSA) is 62.3 Å². The Morgan fingerprint density at radius 3 is 2.05 bits per heavy atom. The highest BCUT2D eigenvalue weighted by Crippen LogP contribution is 2.36. The summed E-state index contributed by atoms with van der Waals surface area (Å²) < 4.78 is 11.3. The second kappa shape index (κ2) is 13.5. The third-order valence-corrected chi connectivity index (χ3v) is 8.45. The zero-order valence-corrected chi connectivity index (χ0v) is 26.8. The minimum Gasteiger partial charge on any atom is -0.494 e. The van der Waals surface area contributed by atoms with Crippen LogP contribution in [0.2, 0.25) is 0 Å². The summed E-state index contributed by atoms with van der Waals surface area (Å²) in [4.78, 5) is 32.8. The number of amides is 2. The minimum atomic E-state index is -0.500. The number of benzene rings is 2. The molecule has 1 unspecified atom stereocenters. The molecule has 230 valence electrons. The van der Waals surface area contributed by atoms with Gasteiger partial charge in [-0.1, -0.05) is 63.2 Å². The van der Waals surface area contributed by atoms with Crippen molar-refractivity contribution in [3.8, 4) is 5.75 Å². The molecule has 0 aromatic heterocycles. The minimum absolute atomic E-state index is 0.0749. The lowest BCUT2D eigenvalue weighted by atomic mass is 9.82. The normalized spacial score (nSPS) is 19.8. The van der Waals surface area contributed by atoms with E-state index in [-0.39, 0.29) is 35.4 Å². The van der Waals surface area contributed by atoms with Crippen molar-refractivity contribution < 1.29 is 19.1 Å². The maximum absolute atomic E-state index is 13.8. The van der Waals surface area contributed by atoms with Crippen LogP contribution in [0.25, 0.3) is 0 Å². The Balaban J connectivity index is 1.45. The number of piperidine rings is 1. The predicted octanol–water partition coefficient (Wildman–Crippen LogP) is 6.77. The molecular weight excluding hydrogens is 526 g/mol. The van der Waals surface area contributed by atoms with Crippen LogP contribution in [-0.4, -0.2) is 77.7 Å². The van der Waals surface area contributed by atoms with E-state index < -0.39 is 5.60 Å². The highest BCUT2D eigenvalue weighted by molar-refractivity contribution is 5.77. The number of hydrogen-bond acceptors (Lipinski definition) is 5. The molecular formula is C35H51N3O4. The molecule has 2 aromatic carbocycles. The van der Waals surface area contributed by atoms with Gasteiger partial charge < -0.3 is 19.3 Å². The van der Waals surface area contributed by atoms with Gasteiger partial charge in [-0.3, -0.25) is 9.69 Å². The van der Waals surface area contributed by atoms with E-state index >= 15 is 0 Å². The lowest BCUT2D eigenvalue weighted by molar-refractivity contribution is -0.141. The number of ether oxygens (including phenoxy) is 2. The molecule has 0 aliphatic carbocycles. The van der Waals surface area contributed by atoms with Crippen molar-refractivity contribution in [2.45, 2.75) is 85.4 Å². The van der Waals surface area contributed by atoms with E-state index in [4.69, 9.17) is 9.47 Å². The summed E-state index contributed by atoms with van der Waals surface area (Å²) in [5, 5.41) is 0. The SMILES string of the molecule is CCOc1ccc(C(c2ccccc2)N2CCN(C(=O)CC3CCN(C(=O)OC(C)(C)C)CC3)[C@@H](C(C)(C)C)C2)cc1. The lowest BCUT2D eigenvalue weighted by Crippen LogP contribution is -2.60. The quantitative estimate of drug-likeness (QED) is 0.363. The largest absolute Gasteiger partial charge is 0.494 e. The Labute approximate surface area is 253 Å².